The molecule has 0 saturated carbocycles. The fourth-order valence-corrected chi connectivity index (χ4v) is 2.53. The van der Waals surface area contributed by atoms with E-state index in [9.17, 15) is 0 Å². The molecule has 0 unspecified atom stereocenters. The molecule has 0 nitrogen and oxygen atoms in total. The van der Waals surface area contributed by atoms with E-state index >= 15 is 0 Å². The van der Waals surface area contributed by atoms with Crippen molar-refractivity contribution in [1.82, 2.24) is 0 Å². The van der Waals surface area contributed by atoms with Gasteiger partial charge < -0.3 is 0 Å². The van der Waals surface area contributed by atoms with Crippen molar-refractivity contribution < 1.29 is 0 Å². The molecule has 19 heavy (non-hydrogen) atoms. The number of benzene rings is 2. The third-order valence-corrected chi connectivity index (χ3v) is 3.65. The molecule has 0 spiro atoms. The molecule has 0 amide bonds. The Morgan fingerprint density at radius 2 is 1.32 bits per heavy atom. The van der Waals surface area contributed by atoms with Crippen LogP contribution in [0.5, 0.6) is 0 Å². The predicted molar refractivity (Wildman–Crippen MR) is 84.5 cm³/mol. The minimum absolute atomic E-state index is 0.783. The highest BCUT2D eigenvalue weighted by molar-refractivity contribution is 6.30. The minimum Gasteiger partial charge on any atom is -0.0843 e. The Morgan fingerprint density at radius 3 is 1.84 bits per heavy atom. The molecule has 0 fully saturated rings. The summed E-state index contributed by atoms with van der Waals surface area (Å²) in [7, 11) is 0. The van der Waals surface area contributed by atoms with Crippen LogP contribution in [0.3, 0.4) is 0 Å². The molecular weight excluding hydrogens is 252 g/mol. The molecule has 98 valence electrons. The van der Waals surface area contributed by atoms with Crippen LogP contribution in [-0.2, 0) is 0 Å². The molecule has 1 heteroatoms. The van der Waals surface area contributed by atoms with Crippen molar-refractivity contribution in [2.75, 3.05) is 0 Å². The molecule has 2 rings (SSSR count). The normalized spacial score (nSPS) is 10.3. The Kier molecular flexibility index (Phi) is 4.81. The zero-order chi connectivity index (χ0) is 13.7. The molecule has 2 aromatic rings. The average Bonchev–Trinajstić information content (AvgIpc) is 2.47. The maximum absolute atomic E-state index is 5.99. The van der Waals surface area contributed by atoms with E-state index in [1.165, 1.54) is 22.3 Å². The second-order valence-electron chi connectivity index (χ2n) is 4.56. The summed E-state index contributed by atoms with van der Waals surface area (Å²) in [6.07, 6.45) is 2.15. The van der Waals surface area contributed by atoms with E-state index in [4.69, 9.17) is 11.6 Å². The lowest BCUT2D eigenvalue weighted by Gasteiger charge is -2.14. The smallest absolute Gasteiger partial charge is 0.0406 e. The Labute approximate surface area is 120 Å². The SMILES string of the molecule is CCC(CC)=C(c1ccccc1)c1ccc(Cl)cc1. The molecule has 0 aromatic heterocycles. The lowest BCUT2D eigenvalue weighted by atomic mass is 9.91. The summed E-state index contributed by atoms with van der Waals surface area (Å²) in [6.45, 7) is 4.44. The van der Waals surface area contributed by atoms with Gasteiger partial charge in [0.25, 0.3) is 0 Å². The van der Waals surface area contributed by atoms with Gasteiger partial charge in [0.2, 0.25) is 0 Å². The monoisotopic (exact) mass is 270 g/mol. The molecule has 0 N–H and O–H groups in total. The van der Waals surface area contributed by atoms with Gasteiger partial charge in [0.1, 0.15) is 0 Å². The zero-order valence-corrected chi connectivity index (χ0v) is 12.2. The second kappa shape index (κ2) is 6.58. The van der Waals surface area contributed by atoms with Crippen LogP contribution in [0.2, 0.25) is 5.02 Å². The standard InChI is InChI=1S/C18H19Cl/c1-3-14(4-2)18(15-8-6-5-7-9-15)16-10-12-17(19)13-11-16/h5-13H,3-4H2,1-2H3. The van der Waals surface area contributed by atoms with Gasteiger partial charge >= 0.3 is 0 Å². The van der Waals surface area contributed by atoms with Gasteiger partial charge in [-0.1, -0.05) is 73.5 Å². The Bertz CT molecular complexity index is 544. The summed E-state index contributed by atoms with van der Waals surface area (Å²) in [4.78, 5) is 0. The van der Waals surface area contributed by atoms with Crippen molar-refractivity contribution in [3.8, 4) is 0 Å². The van der Waals surface area contributed by atoms with Crippen molar-refractivity contribution in [1.29, 1.82) is 0 Å². The molecule has 0 saturated heterocycles. The highest BCUT2D eigenvalue weighted by Crippen LogP contribution is 2.30. The van der Waals surface area contributed by atoms with Crippen LogP contribution in [0.15, 0.2) is 60.2 Å². The maximum Gasteiger partial charge on any atom is 0.0406 e. The highest BCUT2D eigenvalue weighted by atomic mass is 35.5. The van der Waals surface area contributed by atoms with E-state index in [1.54, 1.807) is 0 Å². The maximum atomic E-state index is 5.99. The van der Waals surface area contributed by atoms with E-state index in [2.05, 4.69) is 56.3 Å². The first kappa shape index (κ1) is 13.9. The van der Waals surface area contributed by atoms with Gasteiger partial charge in [-0.2, -0.15) is 0 Å². The lowest BCUT2D eigenvalue weighted by molar-refractivity contribution is 0.981. The fraction of sp³-hybridized carbons (Fsp3) is 0.222. The van der Waals surface area contributed by atoms with Crippen LogP contribution < -0.4 is 0 Å². The third-order valence-electron chi connectivity index (χ3n) is 3.40. The first-order valence-electron chi connectivity index (χ1n) is 6.79. The van der Waals surface area contributed by atoms with Gasteiger partial charge in [-0.25, -0.2) is 0 Å². The number of halogens is 1. The Balaban J connectivity index is 2.59. The second-order valence-corrected chi connectivity index (χ2v) is 5.00. The summed E-state index contributed by atoms with van der Waals surface area (Å²) < 4.78 is 0. The molecule has 0 aliphatic carbocycles. The van der Waals surface area contributed by atoms with Crippen LogP contribution in [0.4, 0.5) is 0 Å². The van der Waals surface area contributed by atoms with Gasteiger partial charge in [0, 0.05) is 5.02 Å². The fourth-order valence-electron chi connectivity index (χ4n) is 2.40. The number of hydrogen-bond acceptors (Lipinski definition) is 0. The van der Waals surface area contributed by atoms with Gasteiger partial charge in [-0.3, -0.25) is 0 Å². The van der Waals surface area contributed by atoms with Crippen LogP contribution >= 0.6 is 11.6 Å². The van der Waals surface area contributed by atoms with E-state index in [0.717, 1.165) is 17.9 Å². The summed E-state index contributed by atoms with van der Waals surface area (Å²) in [6, 6.07) is 18.7. The van der Waals surface area contributed by atoms with Crippen molar-refractivity contribution in [2.45, 2.75) is 26.7 Å². The topological polar surface area (TPSA) is 0 Å². The van der Waals surface area contributed by atoms with E-state index in [1.807, 2.05) is 12.1 Å². The van der Waals surface area contributed by atoms with E-state index in [-0.39, 0.29) is 0 Å². The van der Waals surface area contributed by atoms with Crippen LogP contribution in [0, 0.1) is 0 Å². The van der Waals surface area contributed by atoms with Gasteiger partial charge in [0.05, 0.1) is 0 Å². The molecule has 0 atom stereocenters. The molecule has 0 radical (unpaired) electrons. The summed E-state index contributed by atoms with van der Waals surface area (Å²) in [5.74, 6) is 0. The molecule has 0 heterocycles. The highest BCUT2D eigenvalue weighted by Gasteiger charge is 2.09. The minimum atomic E-state index is 0.783. The largest absolute Gasteiger partial charge is 0.0843 e. The first-order valence-corrected chi connectivity index (χ1v) is 7.17. The summed E-state index contributed by atoms with van der Waals surface area (Å²) >= 11 is 5.99. The zero-order valence-electron chi connectivity index (χ0n) is 11.5. The Hall–Kier alpha value is -1.53. The number of allylic oxidation sites excluding steroid dienone is 1. The number of rotatable bonds is 4. The van der Waals surface area contributed by atoms with Crippen LogP contribution in [-0.4, -0.2) is 0 Å². The molecule has 0 aliphatic rings. The van der Waals surface area contributed by atoms with Crippen LogP contribution in [0.1, 0.15) is 37.8 Å². The quantitative estimate of drug-likeness (QED) is 0.643. The van der Waals surface area contributed by atoms with Crippen molar-refractivity contribution in [3.05, 3.63) is 76.3 Å². The molecular formula is C18H19Cl. The summed E-state index contributed by atoms with van der Waals surface area (Å²) in [5, 5.41) is 0.783. The van der Waals surface area contributed by atoms with Gasteiger partial charge in [-0.15, -0.1) is 0 Å². The van der Waals surface area contributed by atoms with Crippen molar-refractivity contribution in [2.24, 2.45) is 0 Å². The van der Waals surface area contributed by atoms with E-state index < -0.39 is 0 Å². The molecule has 2 aromatic carbocycles. The van der Waals surface area contributed by atoms with Gasteiger partial charge in [0.15, 0.2) is 0 Å². The summed E-state index contributed by atoms with van der Waals surface area (Å²) in [5.41, 5.74) is 5.36. The predicted octanol–water partition coefficient (Wildman–Crippen LogP) is 5.96. The Morgan fingerprint density at radius 1 is 0.789 bits per heavy atom. The lowest BCUT2D eigenvalue weighted by Crippen LogP contribution is -1.93. The van der Waals surface area contributed by atoms with Crippen molar-refractivity contribution >= 4 is 17.2 Å². The van der Waals surface area contributed by atoms with Crippen LogP contribution in [0.25, 0.3) is 5.57 Å². The van der Waals surface area contributed by atoms with Crippen molar-refractivity contribution in [3.63, 3.8) is 0 Å². The number of hydrogen-bond donors (Lipinski definition) is 0. The van der Waals surface area contributed by atoms with Gasteiger partial charge in [-0.05, 0) is 41.7 Å². The molecule has 0 aliphatic heterocycles. The third kappa shape index (κ3) is 3.27. The average molecular weight is 271 g/mol. The van der Waals surface area contributed by atoms with E-state index in [0.29, 0.717) is 0 Å². The first-order chi connectivity index (χ1) is 9.26. The molecule has 0 bridgehead atoms.